The Balaban J connectivity index is -0.000000201. The van der Waals surface area contributed by atoms with Crippen molar-refractivity contribution in [3.63, 3.8) is 0 Å². The highest BCUT2D eigenvalue weighted by Gasteiger charge is 2.24. The Bertz CT molecular complexity index is 475. The lowest BCUT2D eigenvalue weighted by Crippen LogP contribution is -2.33. The van der Waals surface area contributed by atoms with Crippen molar-refractivity contribution in [2.75, 3.05) is 24.6 Å². The second-order valence-electron chi connectivity index (χ2n) is 8.70. The van der Waals surface area contributed by atoms with E-state index in [0.29, 0.717) is 18.8 Å². The first-order valence-corrected chi connectivity index (χ1v) is 10.7. The van der Waals surface area contributed by atoms with Crippen molar-refractivity contribution in [3.8, 4) is 0 Å². The quantitative estimate of drug-likeness (QED) is 0.188. The Kier molecular flexibility index (Phi) is 22.3. The van der Waals surface area contributed by atoms with Gasteiger partial charge in [-0.05, 0) is 62.3 Å². The van der Waals surface area contributed by atoms with Crippen LogP contribution in [0.5, 0.6) is 0 Å². The lowest BCUT2D eigenvalue weighted by atomic mass is 10.2. The summed E-state index contributed by atoms with van der Waals surface area (Å²) >= 11 is 7.73. The molecule has 0 fully saturated rings. The molecule has 0 aliphatic heterocycles. The summed E-state index contributed by atoms with van der Waals surface area (Å²) in [5.41, 5.74) is 3.14. The first-order valence-electron chi connectivity index (χ1n) is 9.39. The predicted octanol–water partition coefficient (Wildman–Crippen LogP) is 4.61. The Morgan fingerprint density at radius 2 is 1.06 bits per heavy atom. The van der Waals surface area contributed by atoms with Gasteiger partial charge in [0, 0.05) is 24.6 Å². The van der Waals surface area contributed by atoms with Gasteiger partial charge in [-0.25, -0.2) is 14.4 Å². The summed E-state index contributed by atoms with van der Waals surface area (Å²) in [5, 5.41) is 2.55. The number of nitrogens with two attached hydrogens (primary N) is 1. The molecule has 0 saturated carbocycles. The van der Waals surface area contributed by atoms with E-state index in [-0.39, 0.29) is 18.5 Å². The van der Waals surface area contributed by atoms with Crippen molar-refractivity contribution in [2.45, 2.75) is 79.1 Å². The zero-order valence-electron chi connectivity index (χ0n) is 20.1. The van der Waals surface area contributed by atoms with Gasteiger partial charge in [0.1, 0.15) is 16.8 Å². The van der Waals surface area contributed by atoms with E-state index in [4.69, 9.17) is 19.9 Å². The Morgan fingerprint density at radius 1 is 0.742 bits per heavy atom. The van der Waals surface area contributed by atoms with Gasteiger partial charge in [0.2, 0.25) is 0 Å². The third-order valence-corrected chi connectivity index (χ3v) is 2.34. The van der Waals surface area contributed by atoms with Gasteiger partial charge in [-0.15, -0.1) is 12.4 Å². The molecular weight excluding hydrogens is 468 g/mol. The highest BCUT2D eigenvalue weighted by molar-refractivity contribution is 7.80. The minimum atomic E-state index is -1.06. The van der Waals surface area contributed by atoms with Crippen LogP contribution in [0.4, 0.5) is 14.4 Å². The molecular formula is C19H41ClN2O7S2. The summed E-state index contributed by atoms with van der Waals surface area (Å²) in [6, 6.07) is 0. The normalized spacial score (nSPS) is 10.6. The van der Waals surface area contributed by atoms with Crippen molar-refractivity contribution in [1.29, 1.82) is 0 Å². The molecule has 0 saturated heterocycles. The number of alkyl carbamates (subject to hydrolysis) is 1. The fraction of sp³-hybridized carbons (Fsp3) is 0.842. The van der Waals surface area contributed by atoms with Crippen LogP contribution < -0.4 is 11.1 Å². The summed E-state index contributed by atoms with van der Waals surface area (Å²) < 4.78 is 18.8. The summed E-state index contributed by atoms with van der Waals surface area (Å²) in [4.78, 5) is 32.9. The number of halogens is 1. The summed E-state index contributed by atoms with van der Waals surface area (Å²) in [6.07, 6.45) is -2.50. The van der Waals surface area contributed by atoms with E-state index in [0.717, 1.165) is 5.75 Å². The smallest absolute Gasteiger partial charge is 0.444 e. The Morgan fingerprint density at radius 3 is 1.29 bits per heavy atom. The van der Waals surface area contributed by atoms with Crippen LogP contribution in [-0.2, 0) is 18.9 Å². The van der Waals surface area contributed by atoms with E-state index >= 15 is 0 Å². The molecule has 9 nitrogen and oxygen atoms in total. The molecule has 31 heavy (non-hydrogen) atoms. The van der Waals surface area contributed by atoms with Crippen molar-refractivity contribution in [3.05, 3.63) is 0 Å². The number of carbonyl (C=O) groups excluding carboxylic acids is 3. The van der Waals surface area contributed by atoms with E-state index in [2.05, 4.69) is 35.3 Å². The largest absolute Gasteiger partial charge is 0.519 e. The minimum Gasteiger partial charge on any atom is -0.444 e. The standard InChI is InChI=1S/C10H18O5.C7H15NO2S.C2H7NS.ClH/c1-9(2,3)14-7(11)13-8(12)15-10(4,5)6;1-7(2,3)10-6(9)8-4-5-11;3-1-2-4;/h1-6H3;11H,4-5H2,1-3H3,(H,8,9);4H,1-3H2;1H. The first kappa shape index (κ1) is 37.3. The van der Waals surface area contributed by atoms with Gasteiger partial charge in [0.15, 0.2) is 0 Å². The molecule has 1 amide bonds. The van der Waals surface area contributed by atoms with Crippen LogP contribution in [0.2, 0.25) is 0 Å². The number of hydrogen-bond acceptors (Lipinski definition) is 10. The first-order chi connectivity index (χ1) is 13.4. The molecule has 0 spiro atoms. The topological polar surface area (TPSA) is 126 Å². The number of rotatable bonds is 3. The number of carbonyl (C=O) groups is 3. The van der Waals surface area contributed by atoms with E-state index in [1.165, 1.54) is 0 Å². The number of hydrogen-bond donors (Lipinski definition) is 4. The summed E-state index contributed by atoms with van der Waals surface area (Å²) in [6.45, 7) is 16.7. The molecule has 188 valence electrons. The van der Waals surface area contributed by atoms with Crippen LogP contribution in [0, 0.1) is 0 Å². The average molecular weight is 509 g/mol. The maximum absolute atomic E-state index is 11.0. The Labute approximate surface area is 204 Å². The van der Waals surface area contributed by atoms with Gasteiger partial charge in [0.25, 0.3) is 0 Å². The van der Waals surface area contributed by atoms with Crippen LogP contribution in [0.15, 0.2) is 0 Å². The van der Waals surface area contributed by atoms with Gasteiger partial charge in [-0.1, -0.05) is 0 Å². The maximum Gasteiger partial charge on any atom is 0.519 e. The van der Waals surface area contributed by atoms with Gasteiger partial charge in [-0.3, -0.25) is 0 Å². The van der Waals surface area contributed by atoms with Crippen LogP contribution in [0.25, 0.3) is 0 Å². The third-order valence-electron chi connectivity index (χ3n) is 1.85. The molecule has 0 atom stereocenters. The molecule has 0 aromatic rings. The van der Waals surface area contributed by atoms with Gasteiger partial charge < -0.3 is 30.0 Å². The molecule has 3 N–H and O–H groups in total. The minimum absolute atomic E-state index is 0. The number of thiol groups is 2. The molecule has 0 unspecified atom stereocenters. The molecule has 0 rings (SSSR count). The van der Waals surface area contributed by atoms with Crippen LogP contribution in [-0.4, -0.2) is 59.8 Å². The van der Waals surface area contributed by atoms with E-state index in [1.54, 1.807) is 41.5 Å². The van der Waals surface area contributed by atoms with E-state index < -0.39 is 29.1 Å². The highest BCUT2D eigenvalue weighted by Crippen LogP contribution is 2.11. The zero-order valence-corrected chi connectivity index (χ0v) is 22.7. The number of ether oxygens (including phenoxy) is 4. The monoisotopic (exact) mass is 508 g/mol. The molecule has 0 aliphatic carbocycles. The van der Waals surface area contributed by atoms with Crippen molar-refractivity contribution in [2.24, 2.45) is 5.73 Å². The number of nitrogens with one attached hydrogen (secondary N) is 1. The highest BCUT2D eigenvalue weighted by atomic mass is 35.5. The van der Waals surface area contributed by atoms with E-state index in [1.807, 2.05) is 20.8 Å². The molecule has 0 radical (unpaired) electrons. The van der Waals surface area contributed by atoms with Gasteiger partial charge >= 0.3 is 18.4 Å². The lowest BCUT2D eigenvalue weighted by molar-refractivity contribution is -0.0294. The molecule has 0 bridgehead atoms. The molecule has 0 aromatic heterocycles. The molecule has 12 heteroatoms. The SMILES string of the molecule is CC(C)(C)OC(=O)NCCS.CC(C)(C)OC(=O)OC(=O)OC(C)(C)C.Cl.NCCS. The second kappa shape index (κ2) is 18.5. The van der Waals surface area contributed by atoms with Crippen molar-refractivity contribution >= 4 is 56.1 Å². The second-order valence-corrected chi connectivity index (χ2v) is 9.59. The van der Waals surface area contributed by atoms with Crippen molar-refractivity contribution in [1.82, 2.24) is 5.32 Å². The van der Waals surface area contributed by atoms with Crippen LogP contribution >= 0.6 is 37.7 Å². The van der Waals surface area contributed by atoms with Crippen LogP contribution in [0.1, 0.15) is 62.3 Å². The Hall–Kier alpha value is -1.04. The van der Waals surface area contributed by atoms with Crippen molar-refractivity contribution < 1.29 is 33.3 Å². The fourth-order valence-corrected chi connectivity index (χ4v) is 1.19. The molecule has 0 aliphatic rings. The lowest BCUT2D eigenvalue weighted by Gasteiger charge is -2.20. The molecule has 0 aromatic carbocycles. The van der Waals surface area contributed by atoms with E-state index in [9.17, 15) is 14.4 Å². The molecule has 0 heterocycles. The number of amides is 1. The summed E-state index contributed by atoms with van der Waals surface area (Å²) in [7, 11) is 0. The summed E-state index contributed by atoms with van der Waals surface area (Å²) in [5.74, 6) is 1.42. The van der Waals surface area contributed by atoms with Gasteiger partial charge in [-0.2, -0.15) is 25.3 Å². The third kappa shape index (κ3) is 39.9. The zero-order chi connectivity index (χ0) is 24.6. The predicted molar refractivity (Wildman–Crippen MR) is 132 cm³/mol. The average Bonchev–Trinajstić information content (AvgIpc) is 2.48. The van der Waals surface area contributed by atoms with Gasteiger partial charge in [0.05, 0.1) is 0 Å². The maximum atomic E-state index is 11.0. The van der Waals surface area contributed by atoms with Crippen LogP contribution in [0.3, 0.4) is 0 Å². The fourth-order valence-electron chi connectivity index (χ4n) is 1.08.